The van der Waals surface area contributed by atoms with Crippen LogP contribution in [0.2, 0.25) is 0 Å². The third kappa shape index (κ3) is 3.58. The van der Waals surface area contributed by atoms with Crippen LogP contribution in [0.4, 0.5) is 17.6 Å². The number of aryl methyl sites for hydroxylation is 1. The highest BCUT2D eigenvalue weighted by atomic mass is 19.4. The van der Waals surface area contributed by atoms with Crippen LogP contribution in [-0.4, -0.2) is 10.1 Å². The first-order chi connectivity index (χ1) is 9.81. The number of pyridine rings is 1. The van der Waals surface area contributed by atoms with Gasteiger partial charge in [-0.3, -0.25) is 4.98 Å². The van der Waals surface area contributed by atoms with Crippen LogP contribution in [0.1, 0.15) is 35.4 Å². The predicted molar refractivity (Wildman–Crippen MR) is 69.1 cm³/mol. The van der Waals surface area contributed by atoms with Gasteiger partial charge in [-0.25, -0.2) is 4.39 Å². The lowest BCUT2D eigenvalue weighted by Crippen LogP contribution is -2.09. The summed E-state index contributed by atoms with van der Waals surface area (Å²) in [7, 11) is 0. The van der Waals surface area contributed by atoms with Crippen LogP contribution < -0.4 is 0 Å². The summed E-state index contributed by atoms with van der Waals surface area (Å²) in [5.41, 5.74) is -0.198. The van der Waals surface area contributed by atoms with E-state index in [0.29, 0.717) is 23.7 Å². The molecule has 21 heavy (non-hydrogen) atoms. The van der Waals surface area contributed by atoms with Gasteiger partial charge in [0, 0.05) is 11.9 Å². The fraction of sp³-hybridized carbons (Fsp3) is 0.267. The number of aromatic nitrogens is 1. The molecule has 0 spiro atoms. The number of aliphatic hydroxyl groups excluding tert-OH is 1. The molecule has 0 radical (unpaired) electrons. The number of nitrogens with zero attached hydrogens (tertiary/aromatic N) is 1. The van der Waals surface area contributed by atoms with Crippen molar-refractivity contribution >= 4 is 0 Å². The molecule has 0 saturated heterocycles. The highest BCUT2D eigenvalue weighted by Crippen LogP contribution is 2.33. The van der Waals surface area contributed by atoms with Crippen LogP contribution in [0.3, 0.4) is 0 Å². The van der Waals surface area contributed by atoms with Gasteiger partial charge >= 0.3 is 6.18 Å². The summed E-state index contributed by atoms with van der Waals surface area (Å²) in [5.74, 6) is -1.04. The van der Waals surface area contributed by atoms with Gasteiger partial charge in [0.05, 0.1) is 5.56 Å². The van der Waals surface area contributed by atoms with Crippen molar-refractivity contribution in [1.29, 1.82) is 0 Å². The standard InChI is InChI=1S/C15H13F4NO/c1-2-13-7-9(3-4-20-13)14(21)10-5-11(15(17,18)19)8-12(16)6-10/h3-8,14,21H,2H2,1H3. The molecule has 0 amide bonds. The van der Waals surface area contributed by atoms with E-state index in [9.17, 15) is 22.7 Å². The maximum atomic E-state index is 13.4. The van der Waals surface area contributed by atoms with Crippen molar-refractivity contribution < 1.29 is 22.7 Å². The van der Waals surface area contributed by atoms with E-state index in [2.05, 4.69) is 4.98 Å². The molecule has 2 aromatic rings. The normalized spacial score (nSPS) is 13.2. The highest BCUT2D eigenvalue weighted by molar-refractivity contribution is 5.34. The molecule has 0 aliphatic rings. The maximum absolute atomic E-state index is 13.4. The summed E-state index contributed by atoms with van der Waals surface area (Å²) in [6.45, 7) is 1.86. The number of rotatable bonds is 3. The van der Waals surface area contributed by atoms with Gasteiger partial charge in [-0.2, -0.15) is 13.2 Å². The van der Waals surface area contributed by atoms with Crippen LogP contribution in [-0.2, 0) is 12.6 Å². The van der Waals surface area contributed by atoms with Crippen LogP contribution in [0.15, 0.2) is 36.5 Å². The molecular formula is C15H13F4NO. The van der Waals surface area contributed by atoms with E-state index in [1.54, 1.807) is 6.07 Å². The maximum Gasteiger partial charge on any atom is 0.416 e. The molecule has 0 bridgehead atoms. The molecular weight excluding hydrogens is 286 g/mol. The lowest BCUT2D eigenvalue weighted by Gasteiger charge is -2.15. The lowest BCUT2D eigenvalue weighted by molar-refractivity contribution is -0.137. The fourth-order valence-corrected chi connectivity index (χ4v) is 1.99. The molecule has 6 heteroatoms. The third-order valence-corrected chi connectivity index (χ3v) is 3.08. The smallest absolute Gasteiger partial charge is 0.384 e. The summed E-state index contributed by atoms with van der Waals surface area (Å²) in [4.78, 5) is 4.04. The number of aliphatic hydroxyl groups is 1. The van der Waals surface area contributed by atoms with Crippen LogP contribution >= 0.6 is 0 Å². The molecule has 112 valence electrons. The van der Waals surface area contributed by atoms with E-state index in [0.717, 1.165) is 12.1 Å². The number of hydrogen-bond donors (Lipinski definition) is 1. The number of benzene rings is 1. The minimum atomic E-state index is -4.66. The van der Waals surface area contributed by atoms with Gasteiger partial charge in [0.15, 0.2) is 0 Å². The topological polar surface area (TPSA) is 33.1 Å². The Morgan fingerprint density at radius 3 is 2.48 bits per heavy atom. The number of halogens is 4. The van der Waals surface area contributed by atoms with Crippen LogP contribution in [0.5, 0.6) is 0 Å². The molecule has 0 aliphatic heterocycles. The van der Waals surface area contributed by atoms with E-state index in [-0.39, 0.29) is 5.56 Å². The Balaban J connectivity index is 2.43. The van der Waals surface area contributed by atoms with Gasteiger partial charge in [0.1, 0.15) is 11.9 Å². The number of hydrogen-bond acceptors (Lipinski definition) is 2. The molecule has 2 rings (SSSR count). The fourth-order valence-electron chi connectivity index (χ4n) is 1.99. The molecule has 1 aromatic heterocycles. The first-order valence-electron chi connectivity index (χ1n) is 6.32. The van der Waals surface area contributed by atoms with E-state index < -0.39 is 23.7 Å². The molecule has 1 aromatic carbocycles. The summed E-state index contributed by atoms with van der Waals surface area (Å²) in [6.07, 6.45) is -3.92. The first-order valence-corrected chi connectivity index (χ1v) is 6.32. The molecule has 0 fully saturated rings. The van der Waals surface area contributed by atoms with E-state index in [1.807, 2.05) is 6.92 Å². The van der Waals surface area contributed by atoms with Crippen LogP contribution in [0, 0.1) is 5.82 Å². The molecule has 1 unspecified atom stereocenters. The van der Waals surface area contributed by atoms with E-state index in [4.69, 9.17) is 0 Å². The Morgan fingerprint density at radius 1 is 1.14 bits per heavy atom. The summed E-state index contributed by atoms with van der Waals surface area (Å²) in [5, 5.41) is 10.2. The van der Waals surface area contributed by atoms with Crippen molar-refractivity contribution in [2.24, 2.45) is 0 Å². The van der Waals surface area contributed by atoms with Gasteiger partial charge < -0.3 is 5.11 Å². The molecule has 1 atom stereocenters. The van der Waals surface area contributed by atoms with Crippen molar-refractivity contribution in [3.05, 3.63) is 64.7 Å². The summed E-state index contributed by atoms with van der Waals surface area (Å²) in [6, 6.07) is 5.12. The SMILES string of the molecule is CCc1cc(C(O)c2cc(F)cc(C(F)(F)F)c2)ccn1. The lowest BCUT2D eigenvalue weighted by atomic mass is 9.99. The van der Waals surface area contributed by atoms with Crippen molar-refractivity contribution in [3.63, 3.8) is 0 Å². The van der Waals surface area contributed by atoms with E-state index in [1.165, 1.54) is 12.3 Å². The Bertz CT molecular complexity index is 640. The van der Waals surface area contributed by atoms with Gasteiger partial charge in [0.2, 0.25) is 0 Å². The Labute approximate surface area is 119 Å². The molecule has 1 heterocycles. The van der Waals surface area contributed by atoms with Gasteiger partial charge in [0.25, 0.3) is 0 Å². The average Bonchev–Trinajstić information content (AvgIpc) is 2.45. The molecule has 1 N–H and O–H groups in total. The monoisotopic (exact) mass is 299 g/mol. The molecule has 0 saturated carbocycles. The Kier molecular flexibility index (Phi) is 4.27. The van der Waals surface area contributed by atoms with E-state index >= 15 is 0 Å². The average molecular weight is 299 g/mol. The predicted octanol–water partition coefficient (Wildman–Crippen LogP) is 3.88. The second-order valence-corrected chi connectivity index (χ2v) is 4.61. The third-order valence-electron chi connectivity index (χ3n) is 3.08. The zero-order chi connectivity index (χ0) is 15.6. The van der Waals surface area contributed by atoms with Crippen molar-refractivity contribution in [3.8, 4) is 0 Å². The van der Waals surface area contributed by atoms with Crippen molar-refractivity contribution in [1.82, 2.24) is 4.98 Å². The van der Waals surface area contributed by atoms with Gasteiger partial charge in [-0.1, -0.05) is 6.92 Å². The zero-order valence-corrected chi connectivity index (χ0v) is 11.2. The minimum absolute atomic E-state index is 0.143. The molecule has 0 aliphatic carbocycles. The second kappa shape index (κ2) is 5.81. The largest absolute Gasteiger partial charge is 0.416 e. The zero-order valence-electron chi connectivity index (χ0n) is 11.2. The number of alkyl halides is 3. The van der Waals surface area contributed by atoms with Gasteiger partial charge in [-0.05, 0) is 47.9 Å². The second-order valence-electron chi connectivity index (χ2n) is 4.61. The van der Waals surface area contributed by atoms with Gasteiger partial charge in [-0.15, -0.1) is 0 Å². The quantitative estimate of drug-likeness (QED) is 0.872. The minimum Gasteiger partial charge on any atom is -0.384 e. The highest BCUT2D eigenvalue weighted by Gasteiger charge is 2.32. The summed E-state index contributed by atoms with van der Waals surface area (Å²) >= 11 is 0. The Morgan fingerprint density at radius 2 is 1.86 bits per heavy atom. The Hall–Kier alpha value is -1.95. The van der Waals surface area contributed by atoms with Crippen molar-refractivity contribution in [2.75, 3.05) is 0 Å². The summed E-state index contributed by atoms with van der Waals surface area (Å²) < 4.78 is 51.4. The van der Waals surface area contributed by atoms with Crippen molar-refractivity contribution in [2.45, 2.75) is 25.6 Å². The molecule has 2 nitrogen and oxygen atoms in total. The first kappa shape index (κ1) is 15.4. The van der Waals surface area contributed by atoms with Crippen LogP contribution in [0.25, 0.3) is 0 Å².